The molecular weight excluding hydrogens is 429 g/mol. The lowest BCUT2D eigenvalue weighted by Gasteiger charge is -2.38. The zero-order valence-electron chi connectivity index (χ0n) is 17.4. The van der Waals surface area contributed by atoms with Crippen LogP contribution in [0.4, 0.5) is 5.95 Å². The van der Waals surface area contributed by atoms with E-state index in [9.17, 15) is 0 Å². The highest BCUT2D eigenvalue weighted by Gasteiger charge is 2.26. The summed E-state index contributed by atoms with van der Waals surface area (Å²) in [6.45, 7) is 4.20. The molecule has 3 aromatic rings. The fourth-order valence-electron chi connectivity index (χ4n) is 4.13. The van der Waals surface area contributed by atoms with Crippen molar-refractivity contribution in [2.45, 2.75) is 25.4 Å². The summed E-state index contributed by atoms with van der Waals surface area (Å²) >= 11 is 12.2. The summed E-state index contributed by atoms with van der Waals surface area (Å²) in [5, 5.41) is 1.21. The smallest absolute Gasteiger partial charge is 0.226 e. The molecule has 7 heteroatoms. The molecule has 0 spiro atoms. The van der Waals surface area contributed by atoms with Gasteiger partial charge in [0.05, 0.1) is 15.7 Å². The molecule has 0 aliphatic carbocycles. The average molecular weight is 456 g/mol. The number of anilines is 1. The van der Waals surface area contributed by atoms with Crippen LogP contribution in [0.15, 0.2) is 60.8 Å². The second kappa shape index (κ2) is 10.4. The van der Waals surface area contributed by atoms with Gasteiger partial charge in [-0.3, -0.25) is 4.90 Å². The van der Waals surface area contributed by atoms with Crippen LogP contribution in [0.2, 0.25) is 10.0 Å². The normalized spacial score (nSPS) is 15.2. The number of aromatic nitrogens is 2. The lowest BCUT2D eigenvalue weighted by Crippen LogP contribution is -2.47. The number of nitrogens with zero attached hydrogens (tertiary/aromatic N) is 4. The Morgan fingerprint density at radius 1 is 1.00 bits per heavy atom. The first-order valence-electron chi connectivity index (χ1n) is 10.7. The summed E-state index contributed by atoms with van der Waals surface area (Å²) in [6, 6.07) is 18.4. The summed E-state index contributed by atoms with van der Waals surface area (Å²) < 4.78 is 0. The van der Waals surface area contributed by atoms with Gasteiger partial charge in [-0.05, 0) is 36.6 Å². The van der Waals surface area contributed by atoms with Gasteiger partial charge in [0.15, 0.2) is 0 Å². The van der Waals surface area contributed by atoms with Gasteiger partial charge >= 0.3 is 0 Å². The van der Waals surface area contributed by atoms with Crippen LogP contribution in [-0.2, 0) is 6.54 Å². The highest BCUT2D eigenvalue weighted by atomic mass is 35.5. The fourth-order valence-corrected chi connectivity index (χ4v) is 4.45. The zero-order valence-corrected chi connectivity index (χ0v) is 18.9. The number of rotatable bonds is 7. The lowest BCUT2D eigenvalue weighted by molar-refractivity contribution is 0.201. The van der Waals surface area contributed by atoms with E-state index in [0.717, 1.165) is 56.2 Å². The Kier molecular flexibility index (Phi) is 7.41. The van der Waals surface area contributed by atoms with Crippen molar-refractivity contribution < 1.29 is 0 Å². The van der Waals surface area contributed by atoms with Crippen LogP contribution in [-0.4, -0.2) is 47.1 Å². The number of hydrogen-bond donors (Lipinski definition) is 1. The van der Waals surface area contributed by atoms with Gasteiger partial charge in [0.1, 0.15) is 0 Å². The quantitative estimate of drug-likeness (QED) is 0.549. The van der Waals surface area contributed by atoms with Crippen molar-refractivity contribution >= 4 is 29.2 Å². The van der Waals surface area contributed by atoms with Crippen LogP contribution < -0.4 is 10.6 Å². The maximum Gasteiger partial charge on any atom is 0.226 e. The Hall–Kier alpha value is -2.18. The van der Waals surface area contributed by atoms with E-state index < -0.39 is 0 Å². The Morgan fingerprint density at radius 2 is 1.77 bits per heavy atom. The molecule has 1 aliphatic heterocycles. The summed E-state index contributed by atoms with van der Waals surface area (Å²) in [5.74, 6) is 0.759. The van der Waals surface area contributed by atoms with E-state index in [2.05, 4.69) is 26.9 Å². The molecule has 4 rings (SSSR count). The Balaban J connectivity index is 1.43. The van der Waals surface area contributed by atoms with E-state index in [0.29, 0.717) is 22.6 Å². The van der Waals surface area contributed by atoms with Crippen LogP contribution in [0.5, 0.6) is 0 Å². The number of nitrogens with two attached hydrogens (primary N) is 1. The van der Waals surface area contributed by atoms with E-state index in [4.69, 9.17) is 33.9 Å². The molecule has 0 saturated carbocycles. The molecule has 162 valence electrons. The second-order valence-corrected chi connectivity index (χ2v) is 8.66. The number of halogens is 2. The standard InChI is InChI=1S/C24H27Cl2N5/c25-21-7-6-18(16-22(21)26)17-30-13-9-20(10-14-30)31(15-11-27)24-28-12-8-23(29-24)19-4-2-1-3-5-19/h1-8,12,16,20H,9-11,13-15,17,27H2. The molecule has 1 saturated heterocycles. The van der Waals surface area contributed by atoms with E-state index in [1.807, 2.05) is 48.7 Å². The molecule has 2 N–H and O–H groups in total. The number of piperidine rings is 1. The van der Waals surface area contributed by atoms with Crippen molar-refractivity contribution in [2.24, 2.45) is 5.73 Å². The average Bonchev–Trinajstić information content (AvgIpc) is 2.81. The predicted octanol–water partition coefficient (Wildman–Crippen LogP) is 4.88. The zero-order chi connectivity index (χ0) is 21.6. The van der Waals surface area contributed by atoms with Crippen molar-refractivity contribution in [3.63, 3.8) is 0 Å². The largest absolute Gasteiger partial charge is 0.336 e. The first-order valence-corrected chi connectivity index (χ1v) is 11.4. The van der Waals surface area contributed by atoms with E-state index in [-0.39, 0.29) is 0 Å². The summed E-state index contributed by atoms with van der Waals surface area (Å²) in [6.07, 6.45) is 3.92. The van der Waals surface area contributed by atoms with E-state index >= 15 is 0 Å². The minimum Gasteiger partial charge on any atom is -0.336 e. The highest BCUT2D eigenvalue weighted by Crippen LogP contribution is 2.26. The van der Waals surface area contributed by atoms with Crippen LogP contribution in [0.25, 0.3) is 11.3 Å². The molecule has 2 heterocycles. The molecule has 5 nitrogen and oxygen atoms in total. The first-order chi connectivity index (χ1) is 15.1. The molecule has 1 fully saturated rings. The predicted molar refractivity (Wildman–Crippen MR) is 129 cm³/mol. The van der Waals surface area contributed by atoms with Crippen molar-refractivity contribution in [1.82, 2.24) is 14.9 Å². The van der Waals surface area contributed by atoms with Crippen LogP contribution in [0.3, 0.4) is 0 Å². The third kappa shape index (κ3) is 5.55. The Bertz CT molecular complexity index is 990. The number of hydrogen-bond acceptors (Lipinski definition) is 5. The molecular formula is C24H27Cl2N5. The van der Waals surface area contributed by atoms with Crippen molar-refractivity contribution in [1.29, 1.82) is 0 Å². The molecule has 1 aliphatic rings. The third-order valence-corrected chi connectivity index (χ3v) is 6.47. The lowest BCUT2D eigenvalue weighted by atomic mass is 10.0. The minimum atomic E-state index is 0.375. The van der Waals surface area contributed by atoms with Crippen LogP contribution in [0, 0.1) is 0 Å². The Labute approximate surface area is 193 Å². The van der Waals surface area contributed by atoms with E-state index in [1.165, 1.54) is 5.56 Å². The van der Waals surface area contributed by atoms with Gasteiger partial charge in [0, 0.05) is 50.5 Å². The van der Waals surface area contributed by atoms with Gasteiger partial charge < -0.3 is 10.6 Å². The SMILES string of the molecule is NCCN(c1nccc(-c2ccccc2)n1)C1CCN(Cc2ccc(Cl)c(Cl)c2)CC1. The molecule has 0 unspecified atom stereocenters. The van der Waals surface area contributed by atoms with Crippen LogP contribution in [0.1, 0.15) is 18.4 Å². The molecule has 31 heavy (non-hydrogen) atoms. The Morgan fingerprint density at radius 3 is 2.48 bits per heavy atom. The first kappa shape index (κ1) is 22.0. The summed E-state index contributed by atoms with van der Waals surface area (Å²) in [7, 11) is 0. The highest BCUT2D eigenvalue weighted by molar-refractivity contribution is 6.42. The molecule has 0 bridgehead atoms. The molecule has 0 atom stereocenters. The maximum atomic E-state index is 6.17. The van der Waals surface area contributed by atoms with Crippen molar-refractivity contribution in [3.8, 4) is 11.3 Å². The van der Waals surface area contributed by atoms with Gasteiger partial charge in [-0.25, -0.2) is 9.97 Å². The van der Waals surface area contributed by atoms with Gasteiger partial charge in [0.2, 0.25) is 5.95 Å². The van der Waals surface area contributed by atoms with Gasteiger partial charge in [-0.1, -0.05) is 59.6 Å². The number of benzene rings is 2. The topological polar surface area (TPSA) is 58.3 Å². The van der Waals surface area contributed by atoms with Gasteiger partial charge in [-0.2, -0.15) is 0 Å². The third-order valence-electron chi connectivity index (χ3n) is 5.73. The van der Waals surface area contributed by atoms with Gasteiger partial charge in [-0.15, -0.1) is 0 Å². The monoisotopic (exact) mass is 455 g/mol. The second-order valence-electron chi connectivity index (χ2n) is 7.85. The summed E-state index contributed by atoms with van der Waals surface area (Å²) in [5.41, 5.74) is 9.16. The van der Waals surface area contributed by atoms with Crippen molar-refractivity contribution in [2.75, 3.05) is 31.1 Å². The molecule has 1 aromatic heterocycles. The fraction of sp³-hybridized carbons (Fsp3) is 0.333. The molecule has 0 amide bonds. The maximum absolute atomic E-state index is 6.17. The van der Waals surface area contributed by atoms with Gasteiger partial charge in [0.25, 0.3) is 0 Å². The van der Waals surface area contributed by atoms with Crippen LogP contribution >= 0.6 is 23.2 Å². The molecule has 2 aromatic carbocycles. The van der Waals surface area contributed by atoms with E-state index in [1.54, 1.807) is 0 Å². The van der Waals surface area contributed by atoms with Crippen molar-refractivity contribution in [3.05, 3.63) is 76.4 Å². The number of likely N-dealkylation sites (tertiary alicyclic amines) is 1. The minimum absolute atomic E-state index is 0.375. The molecule has 0 radical (unpaired) electrons. The summed E-state index contributed by atoms with van der Waals surface area (Å²) in [4.78, 5) is 14.2.